The monoisotopic (exact) mass is 499 g/mol. The van der Waals surface area contributed by atoms with Crippen LogP contribution in [0, 0.1) is 12.8 Å². The van der Waals surface area contributed by atoms with Gasteiger partial charge in [0.05, 0.1) is 19.7 Å². The Hall–Kier alpha value is -1.77. The summed E-state index contributed by atoms with van der Waals surface area (Å²) in [5, 5.41) is 6.68. The Kier molecular flexibility index (Phi) is 11.0. The van der Waals surface area contributed by atoms with E-state index in [0.29, 0.717) is 25.6 Å². The van der Waals surface area contributed by atoms with Crippen LogP contribution < -0.4 is 15.4 Å². The maximum Gasteiger partial charge on any atom is 0.191 e. The van der Waals surface area contributed by atoms with Crippen molar-refractivity contribution >= 4 is 29.9 Å². The van der Waals surface area contributed by atoms with Gasteiger partial charge in [-0.15, -0.1) is 24.0 Å². The highest BCUT2D eigenvalue weighted by Gasteiger charge is 2.07. The second-order valence-electron chi connectivity index (χ2n) is 6.98. The Morgan fingerprint density at radius 3 is 2.71 bits per heavy atom. The zero-order valence-electron chi connectivity index (χ0n) is 17.7. The molecular formula is C21H34IN5O. The minimum absolute atomic E-state index is 0. The number of ether oxygens (including phenoxy) is 1. The number of imidazole rings is 1. The molecule has 0 fully saturated rings. The Morgan fingerprint density at radius 2 is 2.04 bits per heavy atom. The van der Waals surface area contributed by atoms with Gasteiger partial charge in [-0.1, -0.05) is 26.0 Å². The highest BCUT2D eigenvalue weighted by Crippen LogP contribution is 2.21. The second kappa shape index (κ2) is 12.6. The molecule has 28 heavy (non-hydrogen) atoms. The Labute approximate surface area is 186 Å². The van der Waals surface area contributed by atoms with Crippen LogP contribution in [0.25, 0.3) is 0 Å². The van der Waals surface area contributed by atoms with E-state index in [-0.39, 0.29) is 24.0 Å². The minimum atomic E-state index is 0. The first-order valence-corrected chi connectivity index (χ1v) is 9.78. The van der Waals surface area contributed by atoms with Crippen LogP contribution in [0.15, 0.2) is 35.6 Å². The first-order chi connectivity index (χ1) is 13.0. The summed E-state index contributed by atoms with van der Waals surface area (Å²) in [7, 11) is 0. The Morgan fingerprint density at radius 1 is 1.25 bits per heavy atom. The third-order valence-corrected chi connectivity index (χ3v) is 4.05. The summed E-state index contributed by atoms with van der Waals surface area (Å²) in [5.41, 5.74) is 2.27. The molecule has 0 spiro atoms. The van der Waals surface area contributed by atoms with Crippen LogP contribution in [0.3, 0.4) is 0 Å². The van der Waals surface area contributed by atoms with Gasteiger partial charge in [0, 0.05) is 31.0 Å². The summed E-state index contributed by atoms with van der Waals surface area (Å²) in [4.78, 5) is 9.19. The van der Waals surface area contributed by atoms with Crippen molar-refractivity contribution in [1.82, 2.24) is 20.2 Å². The van der Waals surface area contributed by atoms with Gasteiger partial charge in [-0.2, -0.15) is 0 Å². The van der Waals surface area contributed by atoms with Crippen molar-refractivity contribution in [3.8, 4) is 5.75 Å². The average Bonchev–Trinajstić information content (AvgIpc) is 3.05. The van der Waals surface area contributed by atoms with Gasteiger partial charge >= 0.3 is 0 Å². The van der Waals surface area contributed by atoms with E-state index in [0.717, 1.165) is 36.2 Å². The molecule has 0 atom stereocenters. The molecule has 0 amide bonds. The lowest BCUT2D eigenvalue weighted by atomic mass is 10.1. The maximum atomic E-state index is 5.76. The number of nitrogens with one attached hydrogen (secondary N) is 2. The Bertz CT molecular complexity index is 742. The number of guanidine groups is 1. The van der Waals surface area contributed by atoms with Gasteiger partial charge in [-0.3, -0.25) is 0 Å². The molecule has 2 aromatic rings. The van der Waals surface area contributed by atoms with Crippen LogP contribution in [0.1, 0.15) is 44.6 Å². The van der Waals surface area contributed by atoms with E-state index in [2.05, 4.69) is 66.1 Å². The molecule has 0 bridgehead atoms. The highest BCUT2D eigenvalue weighted by molar-refractivity contribution is 14.0. The van der Waals surface area contributed by atoms with E-state index >= 15 is 0 Å². The van der Waals surface area contributed by atoms with Gasteiger partial charge in [0.2, 0.25) is 0 Å². The summed E-state index contributed by atoms with van der Waals surface area (Å²) in [6, 6.07) is 6.25. The lowest BCUT2D eigenvalue weighted by molar-refractivity contribution is 0.336. The van der Waals surface area contributed by atoms with Gasteiger partial charge in [0.1, 0.15) is 11.6 Å². The quantitative estimate of drug-likeness (QED) is 0.310. The van der Waals surface area contributed by atoms with Crippen molar-refractivity contribution in [3.63, 3.8) is 0 Å². The zero-order valence-corrected chi connectivity index (χ0v) is 20.0. The van der Waals surface area contributed by atoms with Crippen molar-refractivity contribution in [3.05, 3.63) is 47.5 Å². The first-order valence-electron chi connectivity index (χ1n) is 9.78. The predicted octanol–water partition coefficient (Wildman–Crippen LogP) is 4.12. The lowest BCUT2D eigenvalue weighted by Gasteiger charge is -2.14. The summed E-state index contributed by atoms with van der Waals surface area (Å²) in [5.74, 6) is 3.28. The maximum absolute atomic E-state index is 5.76. The summed E-state index contributed by atoms with van der Waals surface area (Å²) in [6.45, 7) is 14.2. The molecule has 6 nitrogen and oxygen atoms in total. The first kappa shape index (κ1) is 24.3. The van der Waals surface area contributed by atoms with Crippen LogP contribution in [0.5, 0.6) is 5.75 Å². The standard InChI is InChI=1S/C21H33N5O.HI/c1-6-22-21(25-14-20-23-10-11-26(20)15-16(3)4)24-13-18-9-8-17(5)12-19(18)27-7-2;/h8-12,16H,6-7,13-15H2,1-5H3,(H2,22,24,25);1H. The van der Waals surface area contributed by atoms with E-state index in [9.17, 15) is 0 Å². The van der Waals surface area contributed by atoms with Gasteiger partial charge in [0.25, 0.3) is 0 Å². The molecule has 156 valence electrons. The van der Waals surface area contributed by atoms with E-state index in [1.807, 2.05) is 19.3 Å². The molecule has 0 aliphatic rings. The van der Waals surface area contributed by atoms with Gasteiger partial charge in [-0.05, 0) is 38.3 Å². The van der Waals surface area contributed by atoms with Gasteiger partial charge in [0.15, 0.2) is 5.96 Å². The molecular weight excluding hydrogens is 465 g/mol. The number of halogens is 1. The number of rotatable bonds is 9. The van der Waals surface area contributed by atoms with Crippen LogP contribution in [-0.2, 0) is 19.6 Å². The van der Waals surface area contributed by atoms with Crippen molar-refractivity contribution in [2.75, 3.05) is 13.2 Å². The molecule has 2 rings (SSSR count). The number of aryl methyl sites for hydroxylation is 1. The minimum Gasteiger partial charge on any atom is -0.494 e. The van der Waals surface area contributed by atoms with Gasteiger partial charge in [-0.25, -0.2) is 9.98 Å². The fourth-order valence-electron chi connectivity index (χ4n) is 2.82. The van der Waals surface area contributed by atoms with Crippen molar-refractivity contribution in [1.29, 1.82) is 0 Å². The molecule has 1 aromatic heterocycles. The molecule has 0 aliphatic carbocycles. The summed E-state index contributed by atoms with van der Waals surface area (Å²) >= 11 is 0. The van der Waals surface area contributed by atoms with Crippen LogP contribution >= 0.6 is 24.0 Å². The molecule has 0 saturated heterocycles. The van der Waals surface area contributed by atoms with Crippen molar-refractivity contribution < 1.29 is 4.74 Å². The number of nitrogens with zero attached hydrogens (tertiary/aromatic N) is 3. The van der Waals surface area contributed by atoms with E-state index in [4.69, 9.17) is 9.73 Å². The normalized spacial score (nSPS) is 11.3. The third kappa shape index (κ3) is 7.69. The van der Waals surface area contributed by atoms with Crippen LogP contribution in [0.2, 0.25) is 0 Å². The van der Waals surface area contributed by atoms with Crippen LogP contribution in [-0.4, -0.2) is 28.7 Å². The number of benzene rings is 1. The number of aromatic nitrogens is 2. The molecule has 0 unspecified atom stereocenters. The highest BCUT2D eigenvalue weighted by atomic mass is 127. The molecule has 7 heteroatoms. The SMILES string of the molecule is CCNC(=NCc1ccc(C)cc1OCC)NCc1nccn1CC(C)C.I. The van der Waals surface area contributed by atoms with Crippen molar-refractivity contribution in [2.45, 2.75) is 54.3 Å². The fraction of sp³-hybridized carbons (Fsp3) is 0.524. The van der Waals surface area contributed by atoms with Crippen LogP contribution in [0.4, 0.5) is 0 Å². The average molecular weight is 499 g/mol. The molecule has 2 N–H and O–H groups in total. The topological polar surface area (TPSA) is 63.5 Å². The molecule has 0 saturated carbocycles. The lowest BCUT2D eigenvalue weighted by Crippen LogP contribution is -2.37. The number of hydrogen-bond acceptors (Lipinski definition) is 3. The molecule has 0 radical (unpaired) electrons. The molecule has 1 heterocycles. The van der Waals surface area contributed by atoms with E-state index < -0.39 is 0 Å². The predicted molar refractivity (Wildman–Crippen MR) is 126 cm³/mol. The second-order valence-corrected chi connectivity index (χ2v) is 6.98. The third-order valence-electron chi connectivity index (χ3n) is 4.05. The smallest absolute Gasteiger partial charge is 0.191 e. The van der Waals surface area contributed by atoms with E-state index in [1.54, 1.807) is 0 Å². The zero-order chi connectivity index (χ0) is 19.6. The molecule has 0 aliphatic heterocycles. The Balaban J connectivity index is 0.00000392. The van der Waals surface area contributed by atoms with Gasteiger partial charge < -0.3 is 19.9 Å². The largest absolute Gasteiger partial charge is 0.494 e. The van der Waals surface area contributed by atoms with E-state index in [1.165, 1.54) is 5.56 Å². The fourth-order valence-corrected chi connectivity index (χ4v) is 2.82. The van der Waals surface area contributed by atoms with Crippen molar-refractivity contribution in [2.24, 2.45) is 10.9 Å². The summed E-state index contributed by atoms with van der Waals surface area (Å²) in [6.07, 6.45) is 3.88. The molecule has 1 aromatic carbocycles. The summed E-state index contributed by atoms with van der Waals surface area (Å²) < 4.78 is 7.95. The number of aliphatic imine (C=N–C) groups is 1. The number of hydrogen-bond donors (Lipinski definition) is 2.